The number of nitriles is 1. The summed E-state index contributed by atoms with van der Waals surface area (Å²) >= 11 is 3.38. The topological polar surface area (TPSA) is 42.2 Å². The van der Waals surface area contributed by atoms with Crippen LogP contribution in [0.15, 0.2) is 28.7 Å². The lowest BCUT2D eigenvalue weighted by Gasteiger charge is -2.19. The van der Waals surface area contributed by atoms with E-state index in [1.807, 2.05) is 38.1 Å². The maximum atomic E-state index is 9.26. The van der Waals surface area contributed by atoms with Crippen LogP contribution in [0.2, 0.25) is 0 Å². The molecule has 0 spiro atoms. The molecule has 0 aromatic heterocycles. The second-order valence-electron chi connectivity index (χ2n) is 3.81. The molecule has 0 fully saturated rings. The van der Waals surface area contributed by atoms with Crippen LogP contribution in [-0.2, 0) is 9.47 Å². The summed E-state index contributed by atoms with van der Waals surface area (Å²) in [4.78, 5) is 0. The molecule has 0 amide bonds. The van der Waals surface area contributed by atoms with E-state index in [-0.39, 0.29) is 12.2 Å². The maximum Gasteiger partial charge on any atom is 0.159 e. The van der Waals surface area contributed by atoms with Crippen molar-refractivity contribution in [1.82, 2.24) is 0 Å². The number of nitrogens with zero attached hydrogens (tertiary/aromatic N) is 1. The molecule has 18 heavy (non-hydrogen) atoms. The molecule has 0 aliphatic carbocycles. The van der Waals surface area contributed by atoms with Crippen molar-refractivity contribution in [3.63, 3.8) is 0 Å². The Labute approximate surface area is 117 Å². The first kappa shape index (κ1) is 15.2. The van der Waals surface area contributed by atoms with Crippen molar-refractivity contribution in [2.45, 2.75) is 32.5 Å². The van der Waals surface area contributed by atoms with E-state index in [0.717, 1.165) is 10.0 Å². The van der Waals surface area contributed by atoms with Gasteiger partial charge in [-0.15, -0.1) is 0 Å². The summed E-state index contributed by atoms with van der Waals surface area (Å²) in [5.41, 5.74) is 0.991. The van der Waals surface area contributed by atoms with E-state index >= 15 is 0 Å². The number of benzene rings is 1. The molecule has 0 N–H and O–H groups in total. The SMILES string of the molecule is CCOC(CC(C#N)c1ccc(Br)cc1)OCC. The molecule has 3 nitrogen and oxygen atoms in total. The van der Waals surface area contributed by atoms with Gasteiger partial charge < -0.3 is 9.47 Å². The fourth-order valence-corrected chi connectivity index (χ4v) is 1.97. The number of rotatable bonds is 7. The third-order valence-corrected chi connectivity index (χ3v) is 3.09. The van der Waals surface area contributed by atoms with Gasteiger partial charge in [-0.1, -0.05) is 28.1 Å². The summed E-state index contributed by atoms with van der Waals surface area (Å²) in [7, 11) is 0. The van der Waals surface area contributed by atoms with E-state index in [0.29, 0.717) is 19.6 Å². The minimum Gasteiger partial charge on any atom is -0.353 e. The third-order valence-electron chi connectivity index (χ3n) is 2.56. The molecule has 4 heteroatoms. The molecule has 0 bridgehead atoms. The molecule has 0 radical (unpaired) electrons. The molecule has 1 unspecified atom stereocenters. The van der Waals surface area contributed by atoms with Gasteiger partial charge in [0.25, 0.3) is 0 Å². The Balaban J connectivity index is 2.71. The van der Waals surface area contributed by atoms with Crippen molar-refractivity contribution < 1.29 is 9.47 Å². The summed E-state index contributed by atoms with van der Waals surface area (Å²) in [5.74, 6) is -0.207. The van der Waals surface area contributed by atoms with Crippen LogP contribution in [-0.4, -0.2) is 19.5 Å². The zero-order chi connectivity index (χ0) is 13.4. The minimum atomic E-state index is -0.312. The fourth-order valence-electron chi connectivity index (χ4n) is 1.71. The van der Waals surface area contributed by atoms with E-state index < -0.39 is 0 Å². The molecular formula is C14H18BrNO2. The quantitative estimate of drug-likeness (QED) is 0.718. The van der Waals surface area contributed by atoms with Crippen LogP contribution in [0, 0.1) is 11.3 Å². The van der Waals surface area contributed by atoms with E-state index in [9.17, 15) is 5.26 Å². The van der Waals surface area contributed by atoms with Crippen LogP contribution < -0.4 is 0 Å². The Bertz CT molecular complexity index is 380. The Morgan fingerprint density at radius 3 is 2.17 bits per heavy atom. The Morgan fingerprint density at radius 1 is 1.17 bits per heavy atom. The Hall–Kier alpha value is -0.890. The monoisotopic (exact) mass is 311 g/mol. The molecule has 0 saturated heterocycles. The molecule has 98 valence electrons. The van der Waals surface area contributed by atoms with Gasteiger partial charge in [0.2, 0.25) is 0 Å². The van der Waals surface area contributed by atoms with E-state index in [1.54, 1.807) is 0 Å². The Morgan fingerprint density at radius 2 is 1.72 bits per heavy atom. The van der Waals surface area contributed by atoms with Crippen LogP contribution in [0.3, 0.4) is 0 Å². The first-order chi connectivity index (χ1) is 8.71. The predicted molar refractivity (Wildman–Crippen MR) is 74.2 cm³/mol. The molecule has 1 aromatic carbocycles. The van der Waals surface area contributed by atoms with Crippen LogP contribution >= 0.6 is 15.9 Å². The average Bonchev–Trinajstić information content (AvgIpc) is 2.37. The lowest BCUT2D eigenvalue weighted by molar-refractivity contribution is -0.140. The van der Waals surface area contributed by atoms with E-state index in [1.165, 1.54) is 0 Å². The molecule has 1 rings (SSSR count). The smallest absolute Gasteiger partial charge is 0.159 e. The first-order valence-electron chi connectivity index (χ1n) is 6.09. The molecule has 1 atom stereocenters. The van der Waals surface area contributed by atoms with Crippen LogP contribution in [0.4, 0.5) is 0 Å². The molecular weight excluding hydrogens is 294 g/mol. The van der Waals surface area contributed by atoms with E-state index in [2.05, 4.69) is 22.0 Å². The number of halogens is 1. The predicted octanol–water partition coefficient (Wildman–Crippen LogP) is 3.85. The van der Waals surface area contributed by atoms with Crippen molar-refractivity contribution in [3.8, 4) is 6.07 Å². The standard InChI is InChI=1S/C14H18BrNO2/c1-3-17-14(18-4-2)9-12(10-16)11-5-7-13(15)8-6-11/h5-8,12,14H,3-4,9H2,1-2H3. The number of hydrogen-bond donors (Lipinski definition) is 0. The number of ether oxygens (including phenoxy) is 2. The average molecular weight is 312 g/mol. The maximum absolute atomic E-state index is 9.26. The normalized spacial score (nSPS) is 12.4. The second kappa shape index (κ2) is 8.25. The highest BCUT2D eigenvalue weighted by atomic mass is 79.9. The van der Waals surface area contributed by atoms with Crippen molar-refractivity contribution >= 4 is 15.9 Å². The van der Waals surface area contributed by atoms with Gasteiger partial charge in [-0.3, -0.25) is 0 Å². The lowest BCUT2D eigenvalue weighted by Crippen LogP contribution is -2.20. The van der Waals surface area contributed by atoms with Gasteiger partial charge in [0.15, 0.2) is 6.29 Å². The zero-order valence-electron chi connectivity index (χ0n) is 10.7. The largest absolute Gasteiger partial charge is 0.353 e. The summed E-state index contributed by atoms with van der Waals surface area (Å²) in [6, 6.07) is 10.1. The van der Waals surface area contributed by atoms with Crippen molar-refractivity contribution in [2.75, 3.05) is 13.2 Å². The highest BCUT2D eigenvalue weighted by molar-refractivity contribution is 9.10. The highest BCUT2D eigenvalue weighted by Crippen LogP contribution is 2.24. The molecule has 1 aromatic rings. The summed E-state index contributed by atoms with van der Waals surface area (Å²) in [6.45, 7) is 5.02. The zero-order valence-corrected chi connectivity index (χ0v) is 12.3. The van der Waals surface area contributed by atoms with Crippen molar-refractivity contribution in [1.29, 1.82) is 5.26 Å². The second-order valence-corrected chi connectivity index (χ2v) is 4.72. The van der Waals surface area contributed by atoms with Crippen LogP contribution in [0.1, 0.15) is 31.7 Å². The fraction of sp³-hybridized carbons (Fsp3) is 0.500. The van der Waals surface area contributed by atoms with Gasteiger partial charge in [0, 0.05) is 24.1 Å². The molecule has 0 aliphatic heterocycles. The van der Waals surface area contributed by atoms with Crippen molar-refractivity contribution in [3.05, 3.63) is 34.3 Å². The third kappa shape index (κ3) is 4.77. The van der Waals surface area contributed by atoms with Gasteiger partial charge in [-0.05, 0) is 31.5 Å². The van der Waals surface area contributed by atoms with Gasteiger partial charge in [0.05, 0.1) is 12.0 Å². The summed E-state index contributed by atoms with van der Waals surface area (Å²) < 4.78 is 12.0. The first-order valence-corrected chi connectivity index (χ1v) is 6.88. The van der Waals surface area contributed by atoms with Crippen LogP contribution in [0.25, 0.3) is 0 Å². The molecule has 0 saturated carbocycles. The Kier molecular flexibility index (Phi) is 6.96. The molecule has 0 aliphatic rings. The molecule has 0 heterocycles. The lowest BCUT2D eigenvalue weighted by atomic mass is 9.97. The van der Waals surface area contributed by atoms with Gasteiger partial charge >= 0.3 is 0 Å². The summed E-state index contributed by atoms with van der Waals surface area (Å²) in [5, 5.41) is 9.26. The van der Waals surface area contributed by atoms with Gasteiger partial charge in [-0.25, -0.2) is 0 Å². The summed E-state index contributed by atoms with van der Waals surface area (Å²) in [6.07, 6.45) is 0.244. The highest BCUT2D eigenvalue weighted by Gasteiger charge is 2.18. The van der Waals surface area contributed by atoms with Crippen molar-refractivity contribution in [2.24, 2.45) is 0 Å². The van der Waals surface area contributed by atoms with Gasteiger partial charge in [0.1, 0.15) is 0 Å². The minimum absolute atomic E-state index is 0.207. The van der Waals surface area contributed by atoms with Crippen LogP contribution in [0.5, 0.6) is 0 Å². The van der Waals surface area contributed by atoms with E-state index in [4.69, 9.17) is 9.47 Å². The number of hydrogen-bond acceptors (Lipinski definition) is 3. The van der Waals surface area contributed by atoms with Gasteiger partial charge in [-0.2, -0.15) is 5.26 Å².